The molecule has 34 heavy (non-hydrogen) atoms. The molecular weight excluding hydrogens is 454 g/mol. The average Bonchev–Trinajstić information content (AvgIpc) is 3.31. The number of aryl methyl sites for hydroxylation is 1. The first-order valence-corrected chi connectivity index (χ1v) is 11.9. The molecule has 0 bridgehead atoms. The van der Waals surface area contributed by atoms with Crippen LogP contribution in [0.5, 0.6) is 0 Å². The van der Waals surface area contributed by atoms with Crippen LogP contribution in [0.15, 0.2) is 83.9 Å². The lowest BCUT2D eigenvalue weighted by molar-refractivity contribution is -0.119. The van der Waals surface area contributed by atoms with E-state index in [-0.39, 0.29) is 17.0 Å². The van der Waals surface area contributed by atoms with Gasteiger partial charge < -0.3 is 15.4 Å². The van der Waals surface area contributed by atoms with Gasteiger partial charge in [0.05, 0.1) is 16.1 Å². The van der Waals surface area contributed by atoms with E-state index in [0.29, 0.717) is 16.6 Å². The molecule has 9 heteroatoms. The van der Waals surface area contributed by atoms with Crippen LogP contribution < -0.4 is 9.62 Å². The molecule has 4 aromatic rings. The van der Waals surface area contributed by atoms with Crippen LogP contribution in [0.2, 0.25) is 0 Å². The number of rotatable bonds is 8. The van der Waals surface area contributed by atoms with Crippen molar-refractivity contribution in [2.45, 2.75) is 18.4 Å². The van der Waals surface area contributed by atoms with Crippen LogP contribution in [0.1, 0.15) is 21.5 Å². The molecule has 1 amide bonds. The Kier molecular flexibility index (Phi) is 6.38. The molecule has 174 valence electrons. The molecule has 4 rings (SSSR count). The van der Waals surface area contributed by atoms with Gasteiger partial charge in [0.1, 0.15) is 6.54 Å². The Labute approximate surface area is 196 Å². The van der Waals surface area contributed by atoms with Crippen LogP contribution in [0.25, 0.3) is 10.9 Å². The van der Waals surface area contributed by atoms with Crippen molar-refractivity contribution in [2.75, 3.05) is 10.8 Å². The number of carbonyl (C=O) groups is 2. The molecule has 3 N–H and O–H groups in total. The summed E-state index contributed by atoms with van der Waals surface area (Å²) in [5, 5.41) is 12.5. The molecule has 0 saturated carbocycles. The molecule has 8 nitrogen and oxygen atoms in total. The van der Waals surface area contributed by atoms with Gasteiger partial charge in [0.2, 0.25) is 5.91 Å². The lowest BCUT2D eigenvalue weighted by atomic mass is 10.1. The van der Waals surface area contributed by atoms with Crippen LogP contribution in [-0.2, 0) is 21.4 Å². The van der Waals surface area contributed by atoms with Crippen LogP contribution in [0, 0.1) is 6.92 Å². The van der Waals surface area contributed by atoms with Crippen LogP contribution >= 0.6 is 0 Å². The monoisotopic (exact) mass is 477 g/mol. The number of carboxylic acid groups (broad SMARTS) is 1. The highest BCUT2D eigenvalue weighted by Crippen LogP contribution is 2.30. The third kappa shape index (κ3) is 4.79. The lowest BCUT2D eigenvalue weighted by Crippen LogP contribution is -2.40. The van der Waals surface area contributed by atoms with Crippen molar-refractivity contribution in [1.29, 1.82) is 0 Å². The number of H-pyrrole nitrogens is 1. The van der Waals surface area contributed by atoms with Crippen molar-refractivity contribution < 1.29 is 23.1 Å². The summed E-state index contributed by atoms with van der Waals surface area (Å²) in [7, 11) is -4.06. The Bertz CT molecular complexity index is 1460. The quantitative estimate of drug-likeness (QED) is 0.358. The Morgan fingerprint density at radius 3 is 2.47 bits per heavy atom. The molecule has 1 heterocycles. The van der Waals surface area contributed by atoms with Crippen molar-refractivity contribution in [3.8, 4) is 0 Å². The number of amides is 1. The maximum Gasteiger partial charge on any atom is 0.335 e. The molecular formula is C25H23N3O5S. The van der Waals surface area contributed by atoms with Gasteiger partial charge in [0, 0.05) is 23.6 Å². The highest BCUT2D eigenvalue weighted by Gasteiger charge is 2.28. The summed E-state index contributed by atoms with van der Waals surface area (Å²) in [6.45, 7) is 1.48. The minimum Gasteiger partial charge on any atom is -0.478 e. The van der Waals surface area contributed by atoms with E-state index in [1.54, 1.807) is 48.7 Å². The number of aromatic nitrogens is 1. The number of carboxylic acids is 1. The molecule has 0 fully saturated rings. The van der Waals surface area contributed by atoms with Gasteiger partial charge in [-0.05, 0) is 55.0 Å². The summed E-state index contributed by atoms with van der Waals surface area (Å²) in [5.41, 5.74) is 2.73. The second-order valence-corrected chi connectivity index (χ2v) is 9.69. The summed E-state index contributed by atoms with van der Waals surface area (Å²) in [6.07, 6.45) is 1.71. The first-order chi connectivity index (χ1) is 16.3. The number of nitrogens with zero attached hydrogens (tertiary/aromatic N) is 1. The minimum atomic E-state index is -4.06. The molecule has 0 saturated heterocycles. The Morgan fingerprint density at radius 1 is 1.00 bits per heavy atom. The highest BCUT2D eigenvalue weighted by molar-refractivity contribution is 7.92. The van der Waals surface area contributed by atoms with E-state index in [1.807, 2.05) is 13.0 Å². The molecule has 3 aromatic carbocycles. The molecule has 0 aliphatic carbocycles. The smallest absolute Gasteiger partial charge is 0.335 e. The standard InChI is InChI=1S/C25H23N3O5S/c1-17-8-10-20(11-9-17)34(32,33)28(23-7-3-6-22-21(23)12-13-26-22)16-24(29)27-15-18-4-2-5-19(14-18)25(30)31/h2-14,26H,15-16H2,1H3,(H,27,29)(H,30,31). The van der Waals surface area contributed by atoms with E-state index in [4.69, 9.17) is 5.11 Å². The maximum atomic E-state index is 13.6. The third-order valence-electron chi connectivity index (χ3n) is 5.40. The van der Waals surface area contributed by atoms with Gasteiger partial charge in [-0.1, -0.05) is 35.9 Å². The van der Waals surface area contributed by atoms with Gasteiger partial charge in [0.15, 0.2) is 0 Å². The zero-order chi connectivity index (χ0) is 24.3. The van der Waals surface area contributed by atoms with E-state index < -0.39 is 28.4 Å². The number of hydrogen-bond acceptors (Lipinski definition) is 4. The second kappa shape index (κ2) is 9.40. The summed E-state index contributed by atoms with van der Waals surface area (Å²) in [6, 6.07) is 19.6. The lowest BCUT2D eigenvalue weighted by Gasteiger charge is -2.25. The largest absolute Gasteiger partial charge is 0.478 e. The number of fused-ring (bicyclic) bond motifs is 1. The Balaban J connectivity index is 1.64. The van der Waals surface area contributed by atoms with Gasteiger partial charge in [0.25, 0.3) is 10.0 Å². The molecule has 0 atom stereocenters. The van der Waals surface area contributed by atoms with Gasteiger partial charge in [-0.15, -0.1) is 0 Å². The van der Waals surface area contributed by atoms with Crippen LogP contribution in [0.4, 0.5) is 5.69 Å². The summed E-state index contributed by atoms with van der Waals surface area (Å²) < 4.78 is 28.3. The fourth-order valence-electron chi connectivity index (χ4n) is 3.62. The molecule has 0 radical (unpaired) electrons. The zero-order valence-electron chi connectivity index (χ0n) is 18.4. The van der Waals surface area contributed by atoms with Crippen molar-refractivity contribution in [3.05, 3.63) is 95.7 Å². The van der Waals surface area contributed by atoms with Crippen LogP contribution in [-0.4, -0.2) is 36.9 Å². The van der Waals surface area contributed by atoms with Gasteiger partial charge in [-0.3, -0.25) is 9.10 Å². The summed E-state index contributed by atoms with van der Waals surface area (Å²) in [4.78, 5) is 27.2. The zero-order valence-corrected chi connectivity index (χ0v) is 19.2. The van der Waals surface area contributed by atoms with Crippen molar-refractivity contribution in [3.63, 3.8) is 0 Å². The van der Waals surface area contributed by atoms with E-state index in [2.05, 4.69) is 10.3 Å². The summed E-state index contributed by atoms with van der Waals surface area (Å²) in [5.74, 6) is -1.59. The molecule has 1 aromatic heterocycles. The van der Waals surface area contributed by atoms with E-state index in [0.717, 1.165) is 15.4 Å². The van der Waals surface area contributed by atoms with Gasteiger partial charge in [-0.2, -0.15) is 0 Å². The first kappa shape index (κ1) is 23.1. The Hall–Kier alpha value is -4.11. The number of aromatic carboxylic acids is 1. The first-order valence-electron chi connectivity index (χ1n) is 10.5. The minimum absolute atomic E-state index is 0.0622. The number of benzene rings is 3. The predicted molar refractivity (Wildman–Crippen MR) is 129 cm³/mol. The van der Waals surface area contributed by atoms with E-state index in [9.17, 15) is 18.0 Å². The summed E-state index contributed by atoms with van der Waals surface area (Å²) >= 11 is 0. The van der Waals surface area contributed by atoms with E-state index in [1.165, 1.54) is 24.3 Å². The van der Waals surface area contributed by atoms with Crippen LogP contribution in [0.3, 0.4) is 0 Å². The fraction of sp³-hybridized carbons (Fsp3) is 0.120. The fourth-order valence-corrected chi connectivity index (χ4v) is 5.06. The number of nitrogens with one attached hydrogen (secondary N) is 2. The molecule has 0 aliphatic heterocycles. The third-order valence-corrected chi connectivity index (χ3v) is 7.17. The molecule has 0 unspecified atom stereocenters. The van der Waals surface area contributed by atoms with Gasteiger partial charge in [-0.25, -0.2) is 13.2 Å². The number of aromatic amines is 1. The van der Waals surface area contributed by atoms with Crippen molar-refractivity contribution >= 4 is 38.5 Å². The van der Waals surface area contributed by atoms with Gasteiger partial charge >= 0.3 is 5.97 Å². The topological polar surface area (TPSA) is 120 Å². The Morgan fingerprint density at radius 2 is 1.74 bits per heavy atom. The SMILES string of the molecule is Cc1ccc(S(=O)(=O)N(CC(=O)NCc2cccc(C(=O)O)c2)c2cccc3[nH]ccc23)cc1. The van der Waals surface area contributed by atoms with Crippen molar-refractivity contribution in [1.82, 2.24) is 10.3 Å². The van der Waals surface area contributed by atoms with Crippen molar-refractivity contribution in [2.24, 2.45) is 0 Å². The number of hydrogen-bond donors (Lipinski definition) is 3. The number of anilines is 1. The number of carbonyl (C=O) groups excluding carboxylic acids is 1. The second-order valence-electron chi connectivity index (χ2n) is 7.82. The maximum absolute atomic E-state index is 13.6. The average molecular weight is 478 g/mol. The molecule has 0 spiro atoms. The van der Waals surface area contributed by atoms with E-state index >= 15 is 0 Å². The predicted octanol–water partition coefficient (Wildman–Crippen LogP) is 3.69. The normalized spacial score (nSPS) is 11.3. The molecule has 0 aliphatic rings. The highest BCUT2D eigenvalue weighted by atomic mass is 32.2. The number of sulfonamides is 1.